The van der Waals surface area contributed by atoms with E-state index in [4.69, 9.17) is 4.74 Å². The van der Waals surface area contributed by atoms with Crippen LogP contribution >= 0.6 is 0 Å². The summed E-state index contributed by atoms with van der Waals surface area (Å²) in [5.41, 5.74) is 2.60. The average Bonchev–Trinajstić information content (AvgIpc) is 2.50. The van der Waals surface area contributed by atoms with Gasteiger partial charge in [0.15, 0.2) is 0 Å². The molecule has 0 heterocycles. The van der Waals surface area contributed by atoms with Gasteiger partial charge in [-0.05, 0) is 69.2 Å². The number of nitrogens with one attached hydrogen (secondary N) is 1. The normalized spacial score (nSPS) is 25.8. The lowest BCUT2D eigenvalue weighted by Crippen LogP contribution is -2.47. The zero-order valence-corrected chi connectivity index (χ0v) is 14.1. The molecule has 1 aliphatic carbocycles. The molecule has 0 radical (unpaired) electrons. The van der Waals surface area contributed by atoms with Gasteiger partial charge in [-0.2, -0.15) is 0 Å². The molecule has 1 N–H and O–H groups in total. The third-order valence-electron chi connectivity index (χ3n) is 4.97. The summed E-state index contributed by atoms with van der Waals surface area (Å²) in [6.07, 6.45) is 6.54. The molecule has 1 aliphatic rings. The highest BCUT2D eigenvalue weighted by atomic mass is 16.5. The van der Waals surface area contributed by atoms with Crippen LogP contribution < -0.4 is 10.1 Å². The van der Waals surface area contributed by atoms with E-state index in [1.165, 1.54) is 43.2 Å². The van der Waals surface area contributed by atoms with Gasteiger partial charge in [0.1, 0.15) is 11.9 Å². The Morgan fingerprint density at radius 2 is 2.00 bits per heavy atom. The third kappa shape index (κ3) is 4.23. The van der Waals surface area contributed by atoms with Crippen molar-refractivity contribution in [2.45, 2.75) is 71.9 Å². The van der Waals surface area contributed by atoms with Crippen molar-refractivity contribution in [3.8, 4) is 5.75 Å². The molecule has 2 heteroatoms. The number of hydrogen-bond donors (Lipinski definition) is 1. The minimum absolute atomic E-state index is 0.316. The van der Waals surface area contributed by atoms with Gasteiger partial charge < -0.3 is 10.1 Å². The molecule has 0 saturated heterocycles. The van der Waals surface area contributed by atoms with Gasteiger partial charge in [-0.25, -0.2) is 0 Å². The Balaban J connectivity index is 2.09. The lowest BCUT2D eigenvalue weighted by molar-refractivity contribution is 0.0842. The summed E-state index contributed by atoms with van der Waals surface area (Å²) in [6, 6.07) is 6.89. The molecule has 1 fully saturated rings. The Labute approximate surface area is 130 Å². The highest BCUT2D eigenvalue weighted by Crippen LogP contribution is 2.31. The van der Waals surface area contributed by atoms with E-state index in [1.54, 1.807) is 0 Å². The topological polar surface area (TPSA) is 21.3 Å². The van der Waals surface area contributed by atoms with Gasteiger partial charge in [0.25, 0.3) is 0 Å². The van der Waals surface area contributed by atoms with E-state index in [0.29, 0.717) is 12.1 Å². The lowest BCUT2D eigenvalue weighted by Gasteiger charge is -2.37. The SMILES string of the molecule is CCCNC1CCC(CC)CC1Oc1cccc(C)c1C. The summed E-state index contributed by atoms with van der Waals surface area (Å²) in [6.45, 7) is 9.95. The van der Waals surface area contributed by atoms with Gasteiger partial charge >= 0.3 is 0 Å². The molecule has 1 saturated carbocycles. The lowest BCUT2D eigenvalue weighted by atomic mass is 9.82. The van der Waals surface area contributed by atoms with E-state index in [2.05, 4.69) is 51.2 Å². The second kappa shape index (κ2) is 7.84. The summed E-state index contributed by atoms with van der Waals surface area (Å²) in [7, 11) is 0. The summed E-state index contributed by atoms with van der Waals surface area (Å²) >= 11 is 0. The number of hydrogen-bond acceptors (Lipinski definition) is 2. The molecule has 0 aromatic heterocycles. The van der Waals surface area contributed by atoms with Crippen LogP contribution in [0.4, 0.5) is 0 Å². The second-order valence-corrected chi connectivity index (χ2v) is 6.50. The van der Waals surface area contributed by atoms with Crippen molar-refractivity contribution in [2.24, 2.45) is 5.92 Å². The summed E-state index contributed by atoms with van der Waals surface area (Å²) in [5.74, 6) is 1.89. The zero-order valence-electron chi connectivity index (χ0n) is 14.1. The van der Waals surface area contributed by atoms with Crippen molar-refractivity contribution >= 4 is 0 Å². The molecule has 2 nitrogen and oxygen atoms in total. The Kier molecular flexibility index (Phi) is 6.10. The minimum Gasteiger partial charge on any atom is -0.489 e. The fraction of sp³-hybridized carbons (Fsp3) is 0.684. The highest BCUT2D eigenvalue weighted by molar-refractivity contribution is 5.38. The number of rotatable bonds is 6. The first-order valence-corrected chi connectivity index (χ1v) is 8.61. The van der Waals surface area contributed by atoms with Gasteiger partial charge in [0.05, 0.1) is 0 Å². The fourth-order valence-corrected chi connectivity index (χ4v) is 3.29. The first kappa shape index (κ1) is 16.4. The van der Waals surface area contributed by atoms with Gasteiger partial charge in [-0.3, -0.25) is 0 Å². The molecular formula is C19H31NO. The second-order valence-electron chi connectivity index (χ2n) is 6.50. The van der Waals surface area contributed by atoms with Crippen molar-refractivity contribution < 1.29 is 4.74 Å². The Bertz CT molecular complexity index is 443. The molecule has 1 aromatic rings. The first-order valence-electron chi connectivity index (χ1n) is 8.61. The molecule has 0 amide bonds. The summed E-state index contributed by atoms with van der Waals surface area (Å²) in [4.78, 5) is 0. The van der Waals surface area contributed by atoms with Gasteiger partial charge in [0.2, 0.25) is 0 Å². The van der Waals surface area contributed by atoms with Crippen molar-refractivity contribution in [3.63, 3.8) is 0 Å². The molecule has 0 bridgehead atoms. The molecule has 3 unspecified atom stereocenters. The molecule has 3 atom stereocenters. The molecule has 1 aromatic carbocycles. The van der Waals surface area contributed by atoms with Crippen molar-refractivity contribution in [2.75, 3.05) is 6.54 Å². The van der Waals surface area contributed by atoms with E-state index in [9.17, 15) is 0 Å². The molecule has 118 valence electrons. The van der Waals surface area contributed by atoms with Crippen LogP contribution in [-0.4, -0.2) is 18.7 Å². The average molecular weight is 289 g/mol. The van der Waals surface area contributed by atoms with E-state index in [-0.39, 0.29) is 0 Å². The molecule has 0 spiro atoms. The van der Waals surface area contributed by atoms with Crippen molar-refractivity contribution in [1.29, 1.82) is 0 Å². The summed E-state index contributed by atoms with van der Waals surface area (Å²) in [5, 5.41) is 3.70. The van der Waals surface area contributed by atoms with Gasteiger partial charge in [-0.15, -0.1) is 0 Å². The number of benzene rings is 1. The van der Waals surface area contributed by atoms with Crippen LogP contribution in [0.5, 0.6) is 5.75 Å². The maximum atomic E-state index is 6.45. The van der Waals surface area contributed by atoms with Crippen LogP contribution in [-0.2, 0) is 0 Å². The van der Waals surface area contributed by atoms with E-state index < -0.39 is 0 Å². The standard InChI is InChI=1S/C19H31NO/c1-5-12-20-17-11-10-16(6-2)13-19(17)21-18-9-7-8-14(3)15(18)4/h7-9,16-17,19-20H,5-6,10-13H2,1-4H3. The number of aryl methyl sites for hydroxylation is 1. The van der Waals surface area contributed by atoms with Crippen LogP contribution in [0.2, 0.25) is 0 Å². The molecular weight excluding hydrogens is 258 g/mol. The first-order chi connectivity index (χ1) is 10.2. The van der Waals surface area contributed by atoms with E-state index >= 15 is 0 Å². The third-order valence-corrected chi connectivity index (χ3v) is 4.97. The van der Waals surface area contributed by atoms with E-state index in [0.717, 1.165) is 18.2 Å². The highest BCUT2D eigenvalue weighted by Gasteiger charge is 2.31. The maximum Gasteiger partial charge on any atom is 0.122 e. The number of ether oxygens (including phenoxy) is 1. The van der Waals surface area contributed by atoms with Crippen LogP contribution in [0, 0.1) is 19.8 Å². The van der Waals surface area contributed by atoms with Gasteiger partial charge in [-0.1, -0.05) is 32.4 Å². The quantitative estimate of drug-likeness (QED) is 0.824. The van der Waals surface area contributed by atoms with Gasteiger partial charge in [0, 0.05) is 6.04 Å². The van der Waals surface area contributed by atoms with Crippen LogP contribution in [0.3, 0.4) is 0 Å². The predicted molar refractivity (Wildman–Crippen MR) is 90.0 cm³/mol. The zero-order chi connectivity index (χ0) is 15.2. The predicted octanol–water partition coefficient (Wildman–Crippen LogP) is 4.63. The van der Waals surface area contributed by atoms with Crippen molar-refractivity contribution in [1.82, 2.24) is 5.32 Å². The van der Waals surface area contributed by atoms with Crippen LogP contribution in [0.1, 0.15) is 57.1 Å². The van der Waals surface area contributed by atoms with Crippen LogP contribution in [0.25, 0.3) is 0 Å². The molecule has 0 aliphatic heterocycles. The Morgan fingerprint density at radius 1 is 1.19 bits per heavy atom. The minimum atomic E-state index is 0.316. The fourth-order valence-electron chi connectivity index (χ4n) is 3.29. The summed E-state index contributed by atoms with van der Waals surface area (Å²) < 4.78 is 6.45. The smallest absolute Gasteiger partial charge is 0.122 e. The van der Waals surface area contributed by atoms with E-state index in [1.807, 2.05) is 0 Å². The van der Waals surface area contributed by atoms with Crippen LogP contribution in [0.15, 0.2) is 18.2 Å². The maximum absolute atomic E-state index is 6.45. The Morgan fingerprint density at radius 3 is 2.71 bits per heavy atom. The van der Waals surface area contributed by atoms with Crippen molar-refractivity contribution in [3.05, 3.63) is 29.3 Å². The molecule has 21 heavy (non-hydrogen) atoms. The Hall–Kier alpha value is -1.02. The molecule has 2 rings (SSSR count). The largest absolute Gasteiger partial charge is 0.489 e. The monoisotopic (exact) mass is 289 g/mol.